The lowest BCUT2D eigenvalue weighted by Crippen LogP contribution is -2.41. The summed E-state index contributed by atoms with van der Waals surface area (Å²) in [5, 5.41) is 0. The summed E-state index contributed by atoms with van der Waals surface area (Å²) in [6.45, 7) is 15.2. The summed E-state index contributed by atoms with van der Waals surface area (Å²) in [6.07, 6.45) is 1.09. The molecule has 1 fully saturated rings. The van der Waals surface area contributed by atoms with Crippen molar-refractivity contribution in [2.75, 3.05) is 0 Å². The molecule has 19 heavy (non-hydrogen) atoms. The maximum Gasteiger partial charge on any atom is 0.505 e. The number of thiophene rings is 1. The second-order valence-corrected chi connectivity index (χ2v) is 8.83. The summed E-state index contributed by atoms with van der Waals surface area (Å²) in [5.41, 5.74) is -0.199. The van der Waals surface area contributed by atoms with Crippen LogP contribution in [0, 0.1) is 5.41 Å². The van der Waals surface area contributed by atoms with E-state index in [0.29, 0.717) is 5.41 Å². The zero-order chi connectivity index (χ0) is 14.5. The van der Waals surface area contributed by atoms with Crippen molar-refractivity contribution in [3.63, 3.8) is 0 Å². The van der Waals surface area contributed by atoms with Gasteiger partial charge in [-0.15, -0.1) is 11.3 Å². The Labute approximate surface area is 121 Å². The van der Waals surface area contributed by atoms with Gasteiger partial charge in [-0.05, 0) is 45.6 Å². The number of hydrogen-bond donors (Lipinski definition) is 0. The van der Waals surface area contributed by atoms with E-state index in [1.807, 2.05) is 11.3 Å². The van der Waals surface area contributed by atoms with Crippen LogP contribution in [-0.2, 0) is 15.7 Å². The fraction of sp³-hybridized carbons (Fsp3) is 0.733. The Hall–Kier alpha value is -0.315. The first-order valence-electron chi connectivity index (χ1n) is 6.94. The van der Waals surface area contributed by atoms with Gasteiger partial charge in [0, 0.05) is 9.65 Å². The smallest absolute Gasteiger partial charge is 0.399 e. The molecule has 1 aromatic heterocycles. The van der Waals surface area contributed by atoms with Gasteiger partial charge in [0.15, 0.2) is 0 Å². The largest absolute Gasteiger partial charge is 0.505 e. The first-order valence-corrected chi connectivity index (χ1v) is 7.76. The normalized spacial score (nSPS) is 21.9. The molecule has 2 nitrogen and oxygen atoms in total. The Kier molecular flexibility index (Phi) is 3.66. The van der Waals surface area contributed by atoms with Crippen LogP contribution in [-0.4, -0.2) is 18.3 Å². The topological polar surface area (TPSA) is 18.5 Å². The van der Waals surface area contributed by atoms with Gasteiger partial charge >= 0.3 is 7.12 Å². The van der Waals surface area contributed by atoms with Crippen molar-refractivity contribution in [1.82, 2.24) is 0 Å². The molecule has 0 saturated carbocycles. The van der Waals surface area contributed by atoms with Crippen molar-refractivity contribution in [1.29, 1.82) is 0 Å². The SMILES string of the molecule is CC(C)(C)Cc1ccc(B2OC(C)(C)C(C)(C)O2)s1. The Morgan fingerprint density at radius 2 is 1.58 bits per heavy atom. The van der Waals surface area contributed by atoms with E-state index >= 15 is 0 Å². The minimum Gasteiger partial charge on any atom is -0.399 e. The molecule has 0 unspecified atom stereocenters. The molecule has 1 aliphatic heterocycles. The molecular formula is C15H25BO2S. The van der Waals surface area contributed by atoms with Crippen LogP contribution in [0.1, 0.15) is 53.3 Å². The highest BCUT2D eigenvalue weighted by molar-refractivity contribution is 7.22. The second-order valence-electron chi connectivity index (χ2n) is 7.63. The highest BCUT2D eigenvalue weighted by Crippen LogP contribution is 2.37. The predicted octanol–water partition coefficient (Wildman–Crippen LogP) is 3.64. The van der Waals surface area contributed by atoms with Gasteiger partial charge in [0.05, 0.1) is 11.2 Å². The van der Waals surface area contributed by atoms with Gasteiger partial charge in [0.2, 0.25) is 0 Å². The van der Waals surface area contributed by atoms with Gasteiger partial charge in [-0.1, -0.05) is 26.8 Å². The fourth-order valence-corrected chi connectivity index (χ4v) is 3.37. The fourth-order valence-electron chi connectivity index (χ4n) is 2.10. The third-order valence-electron chi connectivity index (χ3n) is 3.87. The average molecular weight is 280 g/mol. The van der Waals surface area contributed by atoms with Crippen molar-refractivity contribution in [3.05, 3.63) is 17.0 Å². The summed E-state index contributed by atoms with van der Waals surface area (Å²) < 4.78 is 13.3. The van der Waals surface area contributed by atoms with Crippen molar-refractivity contribution >= 4 is 23.2 Å². The Morgan fingerprint density at radius 1 is 1.05 bits per heavy atom. The highest BCUT2D eigenvalue weighted by Gasteiger charge is 2.52. The third kappa shape index (κ3) is 3.23. The van der Waals surface area contributed by atoms with Crippen LogP contribution < -0.4 is 4.78 Å². The molecule has 0 N–H and O–H groups in total. The zero-order valence-corrected chi connectivity index (χ0v) is 14.0. The number of hydrogen-bond acceptors (Lipinski definition) is 3. The molecule has 2 heterocycles. The average Bonchev–Trinajstić information content (AvgIpc) is 2.68. The first-order chi connectivity index (χ1) is 8.50. The molecule has 0 spiro atoms. The molecule has 0 aromatic carbocycles. The van der Waals surface area contributed by atoms with Crippen LogP contribution in [0.4, 0.5) is 0 Å². The zero-order valence-electron chi connectivity index (χ0n) is 13.2. The van der Waals surface area contributed by atoms with Crippen LogP contribution in [0.3, 0.4) is 0 Å². The summed E-state index contributed by atoms with van der Waals surface area (Å²) >= 11 is 1.81. The molecule has 106 valence electrons. The van der Waals surface area contributed by atoms with Crippen LogP contribution in [0.5, 0.6) is 0 Å². The standard InChI is InChI=1S/C15H25BO2S/c1-13(2,3)10-11-8-9-12(19-11)16-17-14(4,5)15(6,7)18-16/h8-9H,10H2,1-7H3. The van der Waals surface area contributed by atoms with Gasteiger partial charge in [0.1, 0.15) is 0 Å². The van der Waals surface area contributed by atoms with E-state index < -0.39 is 0 Å². The molecule has 0 radical (unpaired) electrons. The maximum absolute atomic E-state index is 6.08. The molecule has 0 aliphatic carbocycles. The summed E-state index contributed by atoms with van der Waals surface area (Å²) in [4.78, 5) is 1.40. The Balaban J connectivity index is 2.13. The van der Waals surface area contributed by atoms with Gasteiger partial charge in [-0.3, -0.25) is 0 Å². The first kappa shape index (κ1) is 15.1. The monoisotopic (exact) mass is 280 g/mol. The summed E-state index contributed by atoms with van der Waals surface area (Å²) in [6, 6.07) is 4.35. The van der Waals surface area contributed by atoms with E-state index in [1.165, 1.54) is 9.65 Å². The molecule has 0 atom stereocenters. The molecule has 1 saturated heterocycles. The number of rotatable bonds is 2. The quantitative estimate of drug-likeness (QED) is 0.770. The van der Waals surface area contributed by atoms with Crippen molar-refractivity contribution in [2.24, 2.45) is 5.41 Å². The van der Waals surface area contributed by atoms with Crippen LogP contribution in [0.15, 0.2) is 12.1 Å². The lowest BCUT2D eigenvalue weighted by Gasteiger charge is -2.32. The van der Waals surface area contributed by atoms with E-state index in [4.69, 9.17) is 9.31 Å². The van der Waals surface area contributed by atoms with E-state index in [0.717, 1.165) is 6.42 Å². The summed E-state index contributed by atoms with van der Waals surface area (Å²) in [5.74, 6) is 0. The van der Waals surface area contributed by atoms with Crippen molar-refractivity contribution in [2.45, 2.75) is 66.1 Å². The van der Waals surface area contributed by atoms with Gasteiger partial charge < -0.3 is 9.31 Å². The predicted molar refractivity (Wildman–Crippen MR) is 83.2 cm³/mol. The molecule has 2 rings (SSSR count). The second kappa shape index (κ2) is 4.61. The molecule has 1 aliphatic rings. The maximum atomic E-state index is 6.08. The molecule has 1 aromatic rings. The Morgan fingerprint density at radius 3 is 2.05 bits per heavy atom. The third-order valence-corrected chi connectivity index (χ3v) is 4.98. The molecule has 0 amide bonds. The van der Waals surface area contributed by atoms with Crippen LogP contribution in [0.2, 0.25) is 0 Å². The van der Waals surface area contributed by atoms with Crippen molar-refractivity contribution in [3.8, 4) is 0 Å². The summed E-state index contributed by atoms with van der Waals surface area (Å²) in [7, 11) is -0.219. The van der Waals surface area contributed by atoms with Gasteiger partial charge in [-0.2, -0.15) is 0 Å². The van der Waals surface area contributed by atoms with E-state index in [-0.39, 0.29) is 18.3 Å². The van der Waals surface area contributed by atoms with Gasteiger partial charge in [0.25, 0.3) is 0 Å². The van der Waals surface area contributed by atoms with Crippen molar-refractivity contribution < 1.29 is 9.31 Å². The van der Waals surface area contributed by atoms with E-state index in [2.05, 4.69) is 60.6 Å². The Bertz CT molecular complexity index is 441. The lowest BCUT2D eigenvalue weighted by molar-refractivity contribution is 0.00578. The molecular weight excluding hydrogens is 255 g/mol. The van der Waals surface area contributed by atoms with E-state index in [9.17, 15) is 0 Å². The minimum atomic E-state index is -0.258. The molecule has 0 bridgehead atoms. The highest BCUT2D eigenvalue weighted by atomic mass is 32.1. The minimum absolute atomic E-state index is 0.219. The van der Waals surface area contributed by atoms with Crippen LogP contribution in [0.25, 0.3) is 0 Å². The lowest BCUT2D eigenvalue weighted by atomic mass is 9.88. The molecule has 4 heteroatoms. The van der Waals surface area contributed by atoms with Gasteiger partial charge in [-0.25, -0.2) is 0 Å². The van der Waals surface area contributed by atoms with E-state index in [1.54, 1.807) is 0 Å². The van der Waals surface area contributed by atoms with Crippen LogP contribution >= 0.6 is 11.3 Å².